The molecule has 0 amide bonds. The first kappa shape index (κ1) is 11.0. The first-order valence-corrected chi connectivity index (χ1v) is 4.48. The summed E-state index contributed by atoms with van der Waals surface area (Å²) in [6.45, 7) is 2.01. The zero-order valence-corrected chi connectivity index (χ0v) is 6.80. The molecule has 0 aliphatic carbocycles. The number of hydrogen-bond donors (Lipinski definition) is 3. The van der Waals surface area contributed by atoms with Gasteiger partial charge in [-0.2, -0.15) is 0 Å². The van der Waals surface area contributed by atoms with Gasteiger partial charge in [-0.05, 0) is 0 Å². The van der Waals surface area contributed by atoms with Crippen molar-refractivity contribution in [2.24, 2.45) is 0 Å². The van der Waals surface area contributed by atoms with E-state index in [0.29, 0.717) is 0 Å². The van der Waals surface area contributed by atoms with Gasteiger partial charge in [0.25, 0.3) is 0 Å². The summed E-state index contributed by atoms with van der Waals surface area (Å²) in [7, 11) is -4.05. The van der Waals surface area contributed by atoms with Crippen molar-refractivity contribution in [2.45, 2.75) is 0 Å². The molecule has 0 radical (unpaired) electrons. The Morgan fingerprint density at radius 2 is 1.14 bits per heavy atom. The Morgan fingerprint density at radius 3 is 1.14 bits per heavy atom. The van der Waals surface area contributed by atoms with Crippen molar-refractivity contribution in [3.8, 4) is 0 Å². The molecule has 0 heterocycles. The Bertz CT molecular complexity index is 53.0. The molecule has 0 aromatic rings. The molecule has 0 rings (SSSR count). The molecule has 3 nitrogen and oxygen atoms in total. The van der Waals surface area contributed by atoms with Crippen LogP contribution in [0.5, 0.6) is 0 Å². The predicted octanol–water partition coefficient (Wildman–Crippen LogP) is -0.635. The normalized spacial score (nSPS) is 16.4. The van der Waals surface area contributed by atoms with E-state index in [1.54, 1.807) is 0 Å². The molecule has 0 saturated heterocycles. The van der Waals surface area contributed by atoms with Crippen molar-refractivity contribution >= 4 is 30.3 Å². The first-order valence-electron chi connectivity index (χ1n) is 1.49. The van der Waals surface area contributed by atoms with E-state index >= 15 is 0 Å². The summed E-state index contributed by atoms with van der Waals surface area (Å²) in [4.78, 5) is 24.7. The molecule has 44 valence electrons. The second-order valence-electron chi connectivity index (χ2n) is 1.92. The fourth-order valence-corrected chi connectivity index (χ4v) is 0. The van der Waals surface area contributed by atoms with Crippen molar-refractivity contribution in [1.82, 2.24) is 0 Å². The molecule has 3 N–H and O–H groups in total. The summed E-state index contributed by atoms with van der Waals surface area (Å²) in [5.74, 6) is 0. The van der Waals surface area contributed by atoms with Gasteiger partial charge in [-0.15, -0.1) is 0 Å². The van der Waals surface area contributed by atoms with Gasteiger partial charge in [0.1, 0.15) is 0 Å². The molecule has 0 fully saturated rings. The van der Waals surface area contributed by atoms with Gasteiger partial charge in [-0.3, -0.25) is 0 Å². The van der Waals surface area contributed by atoms with Crippen LogP contribution in [0.1, 0.15) is 2.85 Å². The van der Waals surface area contributed by atoms with E-state index in [9.17, 15) is 0 Å². The minimum atomic E-state index is -4.05. The Balaban J connectivity index is -0.0000000417. The van der Waals surface area contributed by atoms with Crippen LogP contribution in [0.3, 0.4) is 0 Å². The Kier molecular flexibility index (Phi) is 3.33. The van der Waals surface area contributed by atoms with Gasteiger partial charge in [0.05, 0.1) is 0 Å². The molecule has 0 spiro atoms. The molecule has 5 heteroatoms. The van der Waals surface area contributed by atoms with Crippen molar-refractivity contribution in [3.63, 3.8) is 0 Å². The monoisotopic (exact) mass is 138 g/mol. The molecule has 0 saturated carbocycles. The minimum absolute atomic E-state index is 0. The van der Waals surface area contributed by atoms with E-state index in [0.717, 1.165) is 13.3 Å². The van der Waals surface area contributed by atoms with Crippen molar-refractivity contribution in [3.05, 3.63) is 0 Å². The average Bonchev–Trinajstić information content (AvgIpc) is 0.650. The SMILES string of the molecule is CP(C)(O)(O)O.[H-].[H-].[Mg+2]. The fourth-order valence-electron chi connectivity index (χ4n) is 0. The number of rotatable bonds is 0. The third kappa shape index (κ3) is 157. The summed E-state index contributed by atoms with van der Waals surface area (Å²) in [6, 6.07) is 0. The maximum absolute atomic E-state index is 8.23. The van der Waals surface area contributed by atoms with Gasteiger partial charge in [-0.1, -0.05) is 0 Å². The van der Waals surface area contributed by atoms with E-state index in [4.69, 9.17) is 14.7 Å². The molecule has 0 aromatic heterocycles. The van der Waals surface area contributed by atoms with Crippen molar-refractivity contribution < 1.29 is 17.5 Å². The molecule has 0 unspecified atom stereocenters. The van der Waals surface area contributed by atoms with Crippen LogP contribution in [0.15, 0.2) is 0 Å². The standard InChI is InChI=1S/C2H9O3P.Mg.2H/c1-6(2,3,4)5;;;/h3-5H,1-2H3;;;/q;+2;2*-1. The topological polar surface area (TPSA) is 60.7 Å². The first-order chi connectivity index (χ1) is 2.24. The van der Waals surface area contributed by atoms with Crippen LogP contribution < -0.4 is 0 Å². The molecule has 0 aromatic carbocycles. The molecular weight excluding hydrogens is 127 g/mol. The average molecular weight is 138 g/mol. The van der Waals surface area contributed by atoms with E-state index in [2.05, 4.69) is 0 Å². The zero-order chi connectivity index (χ0) is 5.45. The fraction of sp³-hybridized carbons (Fsp3) is 1.00. The van der Waals surface area contributed by atoms with Crippen molar-refractivity contribution in [2.75, 3.05) is 13.3 Å². The van der Waals surface area contributed by atoms with Crippen LogP contribution in [0.2, 0.25) is 0 Å². The molecule has 0 aliphatic heterocycles. The van der Waals surface area contributed by atoms with Crippen LogP contribution in [-0.2, 0) is 0 Å². The van der Waals surface area contributed by atoms with E-state index in [1.807, 2.05) is 0 Å². The van der Waals surface area contributed by atoms with Gasteiger partial charge >= 0.3 is 58.3 Å². The molecule has 0 bridgehead atoms. The molecule has 7 heavy (non-hydrogen) atoms. The van der Waals surface area contributed by atoms with Gasteiger partial charge in [0, 0.05) is 0 Å². The van der Waals surface area contributed by atoms with Gasteiger partial charge in [0.2, 0.25) is 0 Å². The minimum Gasteiger partial charge on any atom is -1.00 e. The van der Waals surface area contributed by atoms with Crippen molar-refractivity contribution in [1.29, 1.82) is 0 Å². The summed E-state index contributed by atoms with van der Waals surface area (Å²) in [5.41, 5.74) is 0. The van der Waals surface area contributed by atoms with Crippen LogP contribution in [0.25, 0.3) is 0 Å². The van der Waals surface area contributed by atoms with Crippen LogP contribution in [0, 0.1) is 0 Å². The second kappa shape index (κ2) is 2.13. The maximum Gasteiger partial charge on any atom is 2.00 e. The van der Waals surface area contributed by atoms with Crippen LogP contribution in [0.4, 0.5) is 0 Å². The second-order valence-corrected chi connectivity index (χ2v) is 5.75. The molecular formula is C2H11MgO3P. The van der Waals surface area contributed by atoms with Crippen LogP contribution in [-0.4, -0.2) is 51.1 Å². The Hall–Kier alpha value is 1.08. The van der Waals surface area contributed by atoms with E-state index in [-0.39, 0.29) is 25.9 Å². The Morgan fingerprint density at radius 1 is 1.14 bits per heavy atom. The smallest absolute Gasteiger partial charge is 1.00 e. The molecule has 0 atom stereocenters. The third-order valence-electron chi connectivity index (χ3n) is 0. The summed E-state index contributed by atoms with van der Waals surface area (Å²) in [6.07, 6.45) is 0. The quantitative estimate of drug-likeness (QED) is 0.308. The molecule has 0 aliphatic rings. The zero-order valence-electron chi connectivity index (χ0n) is 6.50. The predicted molar refractivity (Wildman–Crippen MR) is 33.4 cm³/mol. The van der Waals surface area contributed by atoms with Gasteiger partial charge < -0.3 is 2.85 Å². The van der Waals surface area contributed by atoms with Gasteiger partial charge in [0.15, 0.2) is 0 Å². The van der Waals surface area contributed by atoms with E-state index < -0.39 is 7.28 Å². The summed E-state index contributed by atoms with van der Waals surface area (Å²) in [5, 5.41) is 0. The Labute approximate surface area is 61.7 Å². The van der Waals surface area contributed by atoms with Gasteiger partial charge in [-0.25, -0.2) is 0 Å². The third-order valence-corrected chi connectivity index (χ3v) is 0. The maximum atomic E-state index is 8.23. The van der Waals surface area contributed by atoms with Crippen LogP contribution >= 0.6 is 7.28 Å². The van der Waals surface area contributed by atoms with E-state index in [1.165, 1.54) is 0 Å². The summed E-state index contributed by atoms with van der Waals surface area (Å²) < 4.78 is 0. The summed E-state index contributed by atoms with van der Waals surface area (Å²) >= 11 is 0. The number of hydrogen-bond acceptors (Lipinski definition) is 3. The largest absolute Gasteiger partial charge is 2.00 e.